The highest BCUT2D eigenvalue weighted by Gasteiger charge is 2.19. The van der Waals surface area contributed by atoms with E-state index in [9.17, 15) is 9.59 Å². The Morgan fingerprint density at radius 1 is 1.10 bits per heavy atom. The zero-order chi connectivity index (χ0) is 22.0. The summed E-state index contributed by atoms with van der Waals surface area (Å²) in [6, 6.07) is 7.73. The summed E-state index contributed by atoms with van der Waals surface area (Å²) in [4.78, 5) is 40.7. The quantitative estimate of drug-likeness (QED) is 0.619. The van der Waals surface area contributed by atoms with Crippen LogP contribution >= 0.6 is 0 Å². The standard InChI is InChI=1S/C24H29N5O2/c1-4-18-12-21-22(27-24(18)31)11-17(13-25-21)15-28-7-9-29(10-8-28)19-5-6-20(26-14-19)23(30)16(2)3/h5-6,11-14,16H,4,7-10,15H2,1-3H3,(H,27,31). The van der Waals surface area contributed by atoms with E-state index in [1.165, 1.54) is 0 Å². The summed E-state index contributed by atoms with van der Waals surface area (Å²) >= 11 is 0. The zero-order valence-corrected chi connectivity index (χ0v) is 18.4. The minimum absolute atomic E-state index is 0.0303. The summed E-state index contributed by atoms with van der Waals surface area (Å²) < 4.78 is 0. The van der Waals surface area contributed by atoms with Gasteiger partial charge in [0, 0.05) is 50.4 Å². The van der Waals surface area contributed by atoms with Gasteiger partial charge in [0.25, 0.3) is 5.56 Å². The highest BCUT2D eigenvalue weighted by Crippen LogP contribution is 2.19. The molecule has 162 valence electrons. The molecule has 0 unspecified atom stereocenters. The number of piperazine rings is 1. The van der Waals surface area contributed by atoms with Crippen LogP contribution in [0.15, 0.2) is 41.5 Å². The number of hydrogen-bond acceptors (Lipinski definition) is 6. The predicted octanol–water partition coefficient (Wildman–Crippen LogP) is 3.04. The van der Waals surface area contributed by atoms with Crippen molar-refractivity contribution in [1.29, 1.82) is 0 Å². The summed E-state index contributed by atoms with van der Waals surface area (Å²) in [6.07, 6.45) is 4.41. The molecule has 0 saturated carbocycles. The van der Waals surface area contributed by atoms with E-state index in [0.717, 1.165) is 60.6 Å². The fourth-order valence-electron chi connectivity index (χ4n) is 3.95. The summed E-state index contributed by atoms with van der Waals surface area (Å²) in [6.45, 7) is 10.2. The molecule has 7 nitrogen and oxygen atoms in total. The zero-order valence-electron chi connectivity index (χ0n) is 18.4. The molecule has 0 aliphatic carbocycles. The maximum Gasteiger partial charge on any atom is 0.251 e. The molecule has 0 radical (unpaired) electrons. The van der Waals surface area contributed by atoms with Crippen molar-refractivity contribution < 1.29 is 4.79 Å². The van der Waals surface area contributed by atoms with Crippen LogP contribution in [-0.2, 0) is 13.0 Å². The molecule has 1 fully saturated rings. The number of fused-ring (bicyclic) bond motifs is 1. The molecule has 4 rings (SSSR count). The fraction of sp³-hybridized carbons (Fsp3) is 0.417. The van der Waals surface area contributed by atoms with Crippen molar-refractivity contribution in [1.82, 2.24) is 19.9 Å². The van der Waals surface area contributed by atoms with Gasteiger partial charge < -0.3 is 9.88 Å². The number of nitrogens with one attached hydrogen (secondary N) is 1. The molecule has 0 aromatic carbocycles. The molecule has 1 aliphatic heterocycles. The van der Waals surface area contributed by atoms with Gasteiger partial charge in [-0.15, -0.1) is 0 Å². The number of nitrogens with zero attached hydrogens (tertiary/aromatic N) is 4. The summed E-state index contributed by atoms with van der Waals surface area (Å²) in [7, 11) is 0. The van der Waals surface area contributed by atoms with Gasteiger partial charge in [-0.1, -0.05) is 20.8 Å². The minimum Gasteiger partial charge on any atom is -0.368 e. The monoisotopic (exact) mass is 419 g/mol. The molecule has 4 heterocycles. The third kappa shape index (κ3) is 4.66. The van der Waals surface area contributed by atoms with E-state index in [1.54, 1.807) is 6.20 Å². The first kappa shape index (κ1) is 21.2. The van der Waals surface area contributed by atoms with Crippen molar-refractivity contribution in [3.05, 3.63) is 63.8 Å². The van der Waals surface area contributed by atoms with Gasteiger partial charge in [-0.3, -0.25) is 24.5 Å². The van der Waals surface area contributed by atoms with Crippen LogP contribution in [-0.4, -0.2) is 51.8 Å². The second-order valence-electron chi connectivity index (χ2n) is 8.44. The lowest BCUT2D eigenvalue weighted by Crippen LogP contribution is -2.46. The number of carbonyl (C=O) groups is 1. The second kappa shape index (κ2) is 8.98. The Morgan fingerprint density at radius 3 is 2.52 bits per heavy atom. The highest BCUT2D eigenvalue weighted by atomic mass is 16.1. The number of carbonyl (C=O) groups excluding carboxylic acids is 1. The van der Waals surface area contributed by atoms with Crippen molar-refractivity contribution in [2.24, 2.45) is 5.92 Å². The molecule has 1 N–H and O–H groups in total. The van der Waals surface area contributed by atoms with Crippen LogP contribution in [0.25, 0.3) is 11.0 Å². The first-order chi connectivity index (χ1) is 14.9. The van der Waals surface area contributed by atoms with E-state index in [0.29, 0.717) is 12.1 Å². The topological polar surface area (TPSA) is 82.2 Å². The molecule has 3 aromatic rings. The van der Waals surface area contributed by atoms with Crippen LogP contribution < -0.4 is 10.5 Å². The van der Waals surface area contributed by atoms with E-state index in [-0.39, 0.29) is 17.3 Å². The molecule has 0 atom stereocenters. The number of hydrogen-bond donors (Lipinski definition) is 1. The lowest BCUT2D eigenvalue weighted by molar-refractivity contribution is 0.0934. The first-order valence-electron chi connectivity index (χ1n) is 10.9. The van der Waals surface area contributed by atoms with Gasteiger partial charge in [0.2, 0.25) is 0 Å². The Morgan fingerprint density at radius 2 is 1.87 bits per heavy atom. The van der Waals surface area contributed by atoms with Crippen molar-refractivity contribution in [2.45, 2.75) is 33.7 Å². The van der Waals surface area contributed by atoms with Crippen LogP contribution in [0.3, 0.4) is 0 Å². The highest BCUT2D eigenvalue weighted by molar-refractivity contribution is 5.95. The minimum atomic E-state index is -0.0435. The van der Waals surface area contributed by atoms with Gasteiger partial charge in [-0.25, -0.2) is 0 Å². The summed E-state index contributed by atoms with van der Waals surface area (Å²) in [5.41, 5.74) is 5.04. The van der Waals surface area contributed by atoms with Crippen LogP contribution in [0.4, 0.5) is 5.69 Å². The van der Waals surface area contributed by atoms with Crippen molar-refractivity contribution in [3.8, 4) is 0 Å². The fourth-order valence-corrected chi connectivity index (χ4v) is 3.95. The Kier molecular flexibility index (Phi) is 6.13. The van der Waals surface area contributed by atoms with Crippen LogP contribution in [0, 0.1) is 5.92 Å². The van der Waals surface area contributed by atoms with Gasteiger partial charge in [0.15, 0.2) is 5.78 Å². The lowest BCUT2D eigenvalue weighted by atomic mass is 10.1. The van der Waals surface area contributed by atoms with E-state index < -0.39 is 0 Å². The first-order valence-corrected chi connectivity index (χ1v) is 10.9. The number of aryl methyl sites for hydroxylation is 1. The predicted molar refractivity (Wildman–Crippen MR) is 123 cm³/mol. The SMILES string of the molecule is CCc1cc2ncc(CN3CCN(c4ccc(C(=O)C(C)C)nc4)CC3)cc2[nH]c1=O. The molecule has 31 heavy (non-hydrogen) atoms. The van der Waals surface area contributed by atoms with Gasteiger partial charge in [0.1, 0.15) is 5.69 Å². The van der Waals surface area contributed by atoms with E-state index in [4.69, 9.17) is 0 Å². The number of pyridine rings is 3. The third-order valence-corrected chi connectivity index (χ3v) is 5.88. The van der Waals surface area contributed by atoms with E-state index in [1.807, 2.05) is 51.2 Å². The molecule has 3 aromatic heterocycles. The van der Waals surface area contributed by atoms with Crippen molar-refractivity contribution >= 4 is 22.5 Å². The number of anilines is 1. The molecule has 7 heteroatoms. The lowest BCUT2D eigenvalue weighted by Gasteiger charge is -2.36. The Bertz CT molecular complexity index is 1130. The van der Waals surface area contributed by atoms with Gasteiger partial charge in [0.05, 0.1) is 22.9 Å². The third-order valence-electron chi connectivity index (χ3n) is 5.88. The van der Waals surface area contributed by atoms with Crippen LogP contribution in [0.5, 0.6) is 0 Å². The normalized spacial score (nSPS) is 15.0. The number of H-pyrrole nitrogens is 1. The average Bonchev–Trinajstić information content (AvgIpc) is 2.78. The maximum atomic E-state index is 12.1. The van der Waals surface area contributed by atoms with Crippen molar-refractivity contribution in [3.63, 3.8) is 0 Å². The molecule has 0 bridgehead atoms. The van der Waals surface area contributed by atoms with E-state index >= 15 is 0 Å². The Balaban J connectivity index is 1.38. The maximum absolute atomic E-state index is 12.1. The van der Waals surface area contributed by atoms with Crippen molar-refractivity contribution in [2.75, 3.05) is 31.1 Å². The largest absolute Gasteiger partial charge is 0.368 e. The smallest absolute Gasteiger partial charge is 0.251 e. The molecule has 0 spiro atoms. The number of ketones is 1. The second-order valence-corrected chi connectivity index (χ2v) is 8.44. The Labute approximate surface area is 182 Å². The number of rotatable bonds is 6. The molecule has 1 aliphatic rings. The van der Waals surface area contributed by atoms with Gasteiger partial charge >= 0.3 is 0 Å². The van der Waals surface area contributed by atoms with Gasteiger partial charge in [-0.2, -0.15) is 0 Å². The average molecular weight is 420 g/mol. The number of aromatic amines is 1. The molecule has 0 amide bonds. The number of Topliss-reactive ketones (excluding diaryl/α,β-unsaturated/α-hetero) is 1. The molecular formula is C24H29N5O2. The summed E-state index contributed by atoms with van der Waals surface area (Å²) in [5, 5.41) is 0. The van der Waals surface area contributed by atoms with Crippen LogP contribution in [0.2, 0.25) is 0 Å². The molecular weight excluding hydrogens is 390 g/mol. The van der Waals surface area contributed by atoms with Crippen LogP contribution in [0.1, 0.15) is 42.4 Å². The Hall–Kier alpha value is -3.06. The van der Waals surface area contributed by atoms with Gasteiger partial charge in [-0.05, 0) is 36.2 Å². The summed E-state index contributed by atoms with van der Waals surface area (Å²) in [5.74, 6) is 0.0330. The molecule has 1 saturated heterocycles. The van der Waals surface area contributed by atoms with E-state index in [2.05, 4.69) is 24.8 Å². The number of aromatic nitrogens is 3.